The fourth-order valence-corrected chi connectivity index (χ4v) is 4.92. The highest BCUT2D eigenvalue weighted by atomic mass is 16.7. The van der Waals surface area contributed by atoms with E-state index < -0.39 is 0 Å². The number of hydrogen-bond donors (Lipinski definition) is 0. The Kier molecular flexibility index (Phi) is 5.33. The van der Waals surface area contributed by atoms with Crippen molar-refractivity contribution >= 4 is 0 Å². The van der Waals surface area contributed by atoms with Crippen LogP contribution >= 0.6 is 0 Å². The molecule has 3 fully saturated rings. The molecule has 6 atom stereocenters. The van der Waals surface area contributed by atoms with E-state index in [0.29, 0.717) is 23.5 Å². The van der Waals surface area contributed by atoms with Crippen LogP contribution in [0.25, 0.3) is 0 Å². The van der Waals surface area contributed by atoms with E-state index in [0.717, 1.165) is 38.6 Å². The molecular weight excluding hydrogens is 302 g/mol. The third-order valence-corrected chi connectivity index (χ3v) is 6.29. The van der Waals surface area contributed by atoms with Gasteiger partial charge in [0.2, 0.25) is 0 Å². The average molecular weight is 340 g/mol. The number of nitrogens with zero attached hydrogens (tertiary/aromatic N) is 1. The molecule has 0 radical (unpaired) electrons. The summed E-state index contributed by atoms with van der Waals surface area (Å²) >= 11 is 0. The van der Waals surface area contributed by atoms with Crippen LogP contribution in [0.3, 0.4) is 0 Å². The van der Waals surface area contributed by atoms with Crippen LogP contribution < -0.4 is 0 Å². The second-order valence-electron chi connectivity index (χ2n) is 9.58. The van der Waals surface area contributed by atoms with Crippen LogP contribution in [0.1, 0.15) is 60.8 Å². The van der Waals surface area contributed by atoms with Crippen molar-refractivity contribution < 1.29 is 14.2 Å². The van der Waals surface area contributed by atoms with Crippen LogP contribution in [0, 0.1) is 17.3 Å². The molecule has 1 saturated carbocycles. The summed E-state index contributed by atoms with van der Waals surface area (Å²) in [6.45, 7) is 17.4. The van der Waals surface area contributed by atoms with E-state index in [-0.39, 0.29) is 11.9 Å². The molecule has 4 nitrogen and oxygen atoms in total. The molecule has 1 spiro atoms. The van der Waals surface area contributed by atoms with Crippen LogP contribution in [0.2, 0.25) is 0 Å². The van der Waals surface area contributed by atoms with E-state index in [1.54, 1.807) is 0 Å². The highest BCUT2D eigenvalue weighted by Gasteiger charge is 2.50. The monoisotopic (exact) mass is 339 g/mol. The van der Waals surface area contributed by atoms with E-state index in [1.165, 1.54) is 12.8 Å². The summed E-state index contributed by atoms with van der Waals surface area (Å²) in [6, 6.07) is 0. The first-order chi connectivity index (χ1) is 11.2. The number of morpholine rings is 1. The van der Waals surface area contributed by atoms with Crippen LogP contribution in [-0.4, -0.2) is 55.2 Å². The second-order valence-corrected chi connectivity index (χ2v) is 9.58. The smallest absolute Gasteiger partial charge is 0.171 e. The lowest BCUT2D eigenvalue weighted by atomic mass is 9.67. The van der Waals surface area contributed by atoms with E-state index in [9.17, 15) is 0 Å². The van der Waals surface area contributed by atoms with Gasteiger partial charge in [-0.15, -0.1) is 0 Å². The number of rotatable bonds is 2. The fraction of sp³-hybridized carbons (Fsp3) is 1.00. The van der Waals surface area contributed by atoms with Gasteiger partial charge in [-0.25, -0.2) is 0 Å². The van der Waals surface area contributed by atoms with Crippen molar-refractivity contribution in [2.45, 2.75) is 84.9 Å². The maximum absolute atomic E-state index is 6.53. The maximum Gasteiger partial charge on any atom is 0.171 e. The molecule has 0 aromatic rings. The quantitative estimate of drug-likeness (QED) is 0.768. The van der Waals surface area contributed by atoms with Gasteiger partial charge in [0.1, 0.15) is 0 Å². The van der Waals surface area contributed by atoms with Gasteiger partial charge in [-0.05, 0) is 38.0 Å². The van der Waals surface area contributed by atoms with Crippen molar-refractivity contribution in [1.82, 2.24) is 4.90 Å². The van der Waals surface area contributed by atoms with Crippen molar-refractivity contribution in [2.75, 3.05) is 26.2 Å². The average Bonchev–Trinajstić information content (AvgIpc) is 2.84. The normalized spacial score (nSPS) is 45.0. The van der Waals surface area contributed by atoms with Gasteiger partial charge in [0.15, 0.2) is 5.79 Å². The van der Waals surface area contributed by atoms with Gasteiger partial charge in [-0.1, -0.05) is 27.7 Å². The maximum atomic E-state index is 6.53. The zero-order valence-electron chi connectivity index (χ0n) is 16.5. The molecule has 6 unspecified atom stereocenters. The molecule has 2 aliphatic heterocycles. The zero-order chi connectivity index (χ0) is 17.5. The SMILES string of the molecule is CC1CN(CC2COC3(CCC(C(C)(C)C)CC3C)O2)CC(C)O1. The van der Waals surface area contributed by atoms with Gasteiger partial charge >= 0.3 is 0 Å². The third-order valence-electron chi connectivity index (χ3n) is 6.29. The Balaban J connectivity index is 1.55. The van der Waals surface area contributed by atoms with Crippen molar-refractivity contribution in [1.29, 1.82) is 0 Å². The molecule has 140 valence electrons. The van der Waals surface area contributed by atoms with Crippen LogP contribution in [0.5, 0.6) is 0 Å². The Morgan fingerprint density at radius 2 is 1.75 bits per heavy atom. The minimum absolute atomic E-state index is 0.205. The predicted octanol–water partition coefficient (Wildman–Crippen LogP) is 3.69. The van der Waals surface area contributed by atoms with E-state index in [4.69, 9.17) is 14.2 Å². The number of ether oxygens (including phenoxy) is 3. The van der Waals surface area contributed by atoms with Crippen LogP contribution in [0.4, 0.5) is 0 Å². The summed E-state index contributed by atoms with van der Waals surface area (Å²) in [5.41, 5.74) is 0.383. The first-order valence-corrected chi connectivity index (χ1v) is 9.87. The molecule has 2 heterocycles. The summed E-state index contributed by atoms with van der Waals surface area (Å²) < 4.78 is 18.7. The highest BCUT2D eigenvalue weighted by Crippen LogP contribution is 2.48. The molecule has 3 rings (SSSR count). The summed E-state index contributed by atoms with van der Waals surface area (Å²) in [5.74, 6) is 0.920. The van der Waals surface area contributed by atoms with Crippen LogP contribution in [0.15, 0.2) is 0 Å². The van der Waals surface area contributed by atoms with Gasteiger partial charge in [0.05, 0.1) is 24.9 Å². The molecule has 0 aromatic heterocycles. The van der Waals surface area contributed by atoms with E-state index >= 15 is 0 Å². The van der Waals surface area contributed by atoms with E-state index in [2.05, 4.69) is 46.4 Å². The van der Waals surface area contributed by atoms with Crippen molar-refractivity contribution in [3.05, 3.63) is 0 Å². The molecule has 1 aliphatic carbocycles. The van der Waals surface area contributed by atoms with Gasteiger partial charge in [0.25, 0.3) is 0 Å². The lowest BCUT2D eigenvalue weighted by molar-refractivity contribution is -0.229. The summed E-state index contributed by atoms with van der Waals surface area (Å²) in [5, 5.41) is 0. The molecule has 2 saturated heterocycles. The molecule has 0 amide bonds. The molecule has 0 N–H and O–H groups in total. The molecule has 3 aliphatic rings. The lowest BCUT2D eigenvalue weighted by Crippen LogP contribution is -2.49. The first kappa shape index (κ1) is 18.6. The van der Waals surface area contributed by atoms with Crippen LogP contribution in [-0.2, 0) is 14.2 Å². The first-order valence-electron chi connectivity index (χ1n) is 9.87. The lowest BCUT2D eigenvalue weighted by Gasteiger charge is -2.45. The number of hydrogen-bond acceptors (Lipinski definition) is 4. The minimum Gasteiger partial charge on any atom is -0.373 e. The van der Waals surface area contributed by atoms with Crippen molar-refractivity contribution in [3.63, 3.8) is 0 Å². The zero-order valence-corrected chi connectivity index (χ0v) is 16.5. The minimum atomic E-state index is -0.323. The molecule has 0 bridgehead atoms. The molecule has 4 heteroatoms. The van der Waals surface area contributed by atoms with Crippen molar-refractivity contribution in [2.24, 2.45) is 17.3 Å². The molecule has 0 aromatic carbocycles. The Morgan fingerprint density at radius 1 is 1.08 bits per heavy atom. The predicted molar refractivity (Wildman–Crippen MR) is 96.0 cm³/mol. The molecule has 24 heavy (non-hydrogen) atoms. The Labute approximate surface area is 148 Å². The largest absolute Gasteiger partial charge is 0.373 e. The van der Waals surface area contributed by atoms with E-state index in [1.807, 2.05) is 0 Å². The Bertz CT molecular complexity index is 425. The fourth-order valence-electron chi connectivity index (χ4n) is 4.92. The van der Waals surface area contributed by atoms with Gasteiger partial charge < -0.3 is 14.2 Å². The van der Waals surface area contributed by atoms with Gasteiger partial charge in [-0.2, -0.15) is 0 Å². The summed E-state index contributed by atoms with van der Waals surface area (Å²) in [7, 11) is 0. The van der Waals surface area contributed by atoms with Gasteiger partial charge in [-0.3, -0.25) is 4.90 Å². The van der Waals surface area contributed by atoms with Crippen molar-refractivity contribution in [3.8, 4) is 0 Å². The Hall–Kier alpha value is -0.160. The third kappa shape index (κ3) is 3.98. The van der Waals surface area contributed by atoms with Gasteiger partial charge in [0, 0.05) is 32.0 Å². The Morgan fingerprint density at radius 3 is 2.33 bits per heavy atom. The summed E-state index contributed by atoms with van der Waals surface area (Å²) in [6.07, 6.45) is 4.30. The topological polar surface area (TPSA) is 30.9 Å². The molecular formula is C20H37NO3. The summed E-state index contributed by atoms with van der Waals surface area (Å²) in [4.78, 5) is 2.48. The standard InChI is InChI=1S/C20H37NO3/c1-14-9-17(19(4,5)6)7-8-20(14)22-13-18(24-20)12-21-10-15(2)23-16(3)11-21/h14-18H,7-13H2,1-6H3. The second kappa shape index (κ2) is 6.86. The highest BCUT2D eigenvalue weighted by molar-refractivity contribution is 4.93.